The van der Waals surface area contributed by atoms with Crippen molar-refractivity contribution in [1.82, 2.24) is 14.5 Å². The molecule has 0 unspecified atom stereocenters. The van der Waals surface area contributed by atoms with E-state index in [-0.39, 0.29) is 17.4 Å². The van der Waals surface area contributed by atoms with E-state index in [1.165, 1.54) is 17.9 Å². The molecular weight excluding hydrogens is 270 g/mol. The normalized spacial score (nSPS) is 13.7. The van der Waals surface area contributed by atoms with Gasteiger partial charge in [-0.3, -0.25) is 9.48 Å². The molecule has 7 nitrogen and oxygen atoms in total. The molecule has 0 aliphatic rings. The predicted molar refractivity (Wildman–Crippen MR) is 69.1 cm³/mol. The summed E-state index contributed by atoms with van der Waals surface area (Å²) in [7, 11) is -2.40. The van der Waals surface area contributed by atoms with E-state index in [0.29, 0.717) is 5.56 Å². The number of nitrogens with zero attached hydrogens (tertiary/aromatic N) is 2. The summed E-state index contributed by atoms with van der Waals surface area (Å²) in [5.74, 6) is -1.12. The Kier molecular flexibility index (Phi) is 4.70. The summed E-state index contributed by atoms with van der Waals surface area (Å²) in [5.41, 5.74) is 0.476. The van der Waals surface area contributed by atoms with Crippen LogP contribution in [0.15, 0.2) is 11.2 Å². The smallest absolute Gasteiger partial charge is 0.321 e. The van der Waals surface area contributed by atoms with Crippen LogP contribution in [0.1, 0.15) is 25.8 Å². The van der Waals surface area contributed by atoms with Gasteiger partial charge in [0.05, 0.1) is 6.20 Å². The first-order valence-electron chi connectivity index (χ1n) is 5.89. The van der Waals surface area contributed by atoms with Gasteiger partial charge >= 0.3 is 5.97 Å². The van der Waals surface area contributed by atoms with Crippen LogP contribution in [-0.4, -0.2) is 35.3 Å². The number of aromatic nitrogens is 2. The van der Waals surface area contributed by atoms with Crippen LogP contribution in [-0.2, 0) is 21.9 Å². The van der Waals surface area contributed by atoms with Crippen LogP contribution in [0, 0.1) is 12.8 Å². The molecule has 0 aliphatic carbocycles. The molecule has 1 aromatic heterocycles. The van der Waals surface area contributed by atoms with Gasteiger partial charge < -0.3 is 5.11 Å². The molecule has 0 radical (unpaired) electrons. The largest absolute Gasteiger partial charge is 0.480 e. The fourth-order valence-corrected chi connectivity index (χ4v) is 3.39. The molecule has 0 saturated carbocycles. The zero-order valence-electron chi connectivity index (χ0n) is 11.4. The van der Waals surface area contributed by atoms with E-state index in [2.05, 4.69) is 9.82 Å². The minimum atomic E-state index is -3.90. The van der Waals surface area contributed by atoms with Crippen LogP contribution in [0.3, 0.4) is 0 Å². The van der Waals surface area contributed by atoms with Gasteiger partial charge in [-0.05, 0) is 19.3 Å². The number of aryl methyl sites for hydroxylation is 2. The van der Waals surface area contributed by atoms with Gasteiger partial charge in [0, 0.05) is 12.6 Å². The lowest BCUT2D eigenvalue weighted by Crippen LogP contribution is -2.42. The predicted octanol–water partition coefficient (Wildman–Crippen LogP) is 0.506. The molecule has 0 fully saturated rings. The summed E-state index contributed by atoms with van der Waals surface area (Å²) in [6.07, 6.45) is 1.65. The monoisotopic (exact) mass is 289 g/mol. The van der Waals surface area contributed by atoms with Crippen LogP contribution >= 0.6 is 0 Å². The van der Waals surface area contributed by atoms with Crippen molar-refractivity contribution in [1.29, 1.82) is 0 Å². The molecule has 0 saturated heterocycles. The lowest BCUT2D eigenvalue weighted by atomic mass is 10.1. The third-order valence-corrected chi connectivity index (χ3v) is 4.30. The molecule has 0 aromatic carbocycles. The Morgan fingerprint density at radius 3 is 2.47 bits per heavy atom. The van der Waals surface area contributed by atoms with Crippen LogP contribution in [0.25, 0.3) is 0 Å². The Hall–Kier alpha value is -1.41. The molecule has 1 heterocycles. The van der Waals surface area contributed by atoms with E-state index < -0.39 is 22.0 Å². The van der Waals surface area contributed by atoms with Crippen molar-refractivity contribution in [3.05, 3.63) is 11.8 Å². The molecule has 2 N–H and O–H groups in total. The van der Waals surface area contributed by atoms with Crippen LogP contribution in [0.5, 0.6) is 0 Å². The van der Waals surface area contributed by atoms with Crippen molar-refractivity contribution in [2.45, 2.75) is 38.3 Å². The van der Waals surface area contributed by atoms with Gasteiger partial charge in [0.25, 0.3) is 10.0 Å². The summed E-state index contributed by atoms with van der Waals surface area (Å²) in [5, 5.41) is 12.9. The number of carboxylic acids is 1. The first-order chi connectivity index (χ1) is 8.65. The van der Waals surface area contributed by atoms with Gasteiger partial charge in [-0.1, -0.05) is 13.8 Å². The van der Waals surface area contributed by atoms with E-state index in [1.54, 1.807) is 6.92 Å². The molecular formula is C11H19N3O4S. The number of hydrogen-bond donors (Lipinski definition) is 2. The molecule has 8 heteroatoms. The van der Waals surface area contributed by atoms with Crippen molar-refractivity contribution in [3.8, 4) is 0 Å². The summed E-state index contributed by atoms with van der Waals surface area (Å²) in [6, 6.07) is -1.14. The molecule has 108 valence electrons. The first kappa shape index (κ1) is 15.6. The van der Waals surface area contributed by atoms with Gasteiger partial charge in [-0.25, -0.2) is 8.42 Å². The topological polar surface area (TPSA) is 101 Å². The maximum absolute atomic E-state index is 12.2. The highest BCUT2D eigenvalue weighted by Gasteiger charge is 2.29. The molecule has 0 amide bonds. The number of nitrogens with one attached hydrogen (secondary N) is 1. The van der Waals surface area contributed by atoms with Crippen molar-refractivity contribution in [2.24, 2.45) is 13.0 Å². The highest BCUT2D eigenvalue weighted by Crippen LogP contribution is 2.15. The van der Waals surface area contributed by atoms with Gasteiger partial charge in [0.15, 0.2) is 5.03 Å². The van der Waals surface area contributed by atoms with Crippen molar-refractivity contribution >= 4 is 16.0 Å². The Labute approximate surface area is 112 Å². The van der Waals surface area contributed by atoms with Crippen LogP contribution in [0.4, 0.5) is 0 Å². The fourth-order valence-electron chi connectivity index (χ4n) is 1.84. The van der Waals surface area contributed by atoms with E-state index in [4.69, 9.17) is 5.11 Å². The lowest BCUT2D eigenvalue weighted by Gasteiger charge is -2.17. The Morgan fingerprint density at radius 1 is 1.53 bits per heavy atom. The Bertz CT molecular complexity index is 543. The fraction of sp³-hybridized carbons (Fsp3) is 0.636. The zero-order chi connectivity index (χ0) is 14.8. The average Bonchev–Trinajstić information content (AvgIpc) is 2.56. The molecule has 1 atom stereocenters. The lowest BCUT2D eigenvalue weighted by molar-refractivity contribution is -0.139. The average molecular weight is 289 g/mol. The molecule has 0 spiro atoms. The number of carbonyl (C=O) groups is 1. The standard InChI is InChI=1S/C11H19N3O4S/c1-7(2)5-9(11(15)16)13-19(17,18)10-8(3)6-12-14(10)4/h6-7,9,13H,5H2,1-4H3,(H,15,16)/t9-/m1/s1. The maximum atomic E-state index is 12.2. The van der Waals surface area contributed by atoms with Gasteiger partial charge in [-0.2, -0.15) is 9.82 Å². The number of sulfonamides is 1. The summed E-state index contributed by atoms with van der Waals surface area (Å²) in [6.45, 7) is 5.28. The summed E-state index contributed by atoms with van der Waals surface area (Å²) in [4.78, 5) is 11.1. The van der Waals surface area contributed by atoms with E-state index >= 15 is 0 Å². The summed E-state index contributed by atoms with van der Waals surface area (Å²) >= 11 is 0. The highest BCUT2D eigenvalue weighted by molar-refractivity contribution is 7.89. The van der Waals surface area contributed by atoms with Crippen LogP contribution < -0.4 is 4.72 Å². The molecule has 1 aromatic rings. The minimum absolute atomic E-state index is 0.0116. The van der Waals surface area contributed by atoms with Gasteiger partial charge in [0.1, 0.15) is 6.04 Å². The SMILES string of the molecule is Cc1cnn(C)c1S(=O)(=O)N[C@H](CC(C)C)C(=O)O. The molecule has 0 aliphatic heterocycles. The van der Waals surface area contributed by atoms with Gasteiger partial charge in [0.2, 0.25) is 0 Å². The third-order valence-electron chi connectivity index (χ3n) is 2.61. The van der Waals surface area contributed by atoms with Gasteiger partial charge in [-0.15, -0.1) is 0 Å². The van der Waals surface area contributed by atoms with Crippen molar-refractivity contribution in [3.63, 3.8) is 0 Å². The molecule has 19 heavy (non-hydrogen) atoms. The quantitative estimate of drug-likeness (QED) is 0.794. The van der Waals surface area contributed by atoms with Crippen molar-refractivity contribution < 1.29 is 18.3 Å². The summed E-state index contributed by atoms with van der Waals surface area (Å²) < 4.78 is 27.8. The maximum Gasteiger partial charge on any atom is 0.321 e. The third kappa shape index (κ3) is 3.77. The molecule has 1 rings (SSSR count). The second-order valence-corrected chi connectivity index (χ2v) is 6.53. The number of hydrogen-bond acceptors (Lipinski definition) is 4. The second-order valence-electron chi connectivity index (χ2n) is 4.90. The van der Waals surface area contributed by atoms with E-state index in [9.17, 15) is 13.2 Å². The number of carboxylic acid groups (broad SMARTS) is 1. The Morgan fingerprint density at radius 2 is 2.11 bits per heavy atom. The number of aliphatic carboxylic acids is 1. The Balaban J connectivity index is 3.05. The second kappa shape index (κ2) is 5.70. The van der Waals surface area contributed by atoms with E-state index in [0.717, 1.165) is 0 Å². The zero-order valence-corrected chi connectivity index (χ0v) is 12.2. The first-order valence-corrected chi connectivity index (χ1v) is 7.37. The molecule has 0 bridgehead atoms. The van der Waals surface area contributed by atoms with Crippen molar-refractivity contribution in [2.75, 3.05) is 0 Å². The van der Waals surface area contributed by atoms with Crippen LogP contribution in [0.2, 0.25) is 0 Å². The minimum Gasteiger partial charge on any atom is -0.480 e. The number of rotatable bonds is 6. The van der Waals surface area contributed by atoms with E-state index in [1.807, 2.05) is 13.8 Å². The highest BCUT2D eigenvalue weighted by atomic mass is 32.2.